The number of carbonyl (C=O) groups excluding carboxylic acids is 1. The van der Waals surface area contributed by atoms with Gasteiger partial charge in [0.15, 0.2) is 0 Å². The van der Waals surface area contributed by atoms with Gasteiger partial charge in [-0.1, -0.05) is 12.8 Å². The molecule has 0 saturated heterocycles. The quantitative estimate of drug-likeness (QED) is 0.749. The third-order valence-electron chi connectivity index (χ3n) is 2.84. The summed E-state index contributed by atoms with van der Waals surface area (Å²) in [6.07, 6.45) is 4.79. The topological polar surface area (TPSA) is 33.2 Å². The van der Waals surface area contributed by atoms with E-state index in [4.69, 9.17) is 0 Å². The number of nitrogens with zero attached hydrogens (tertiary/aromatic N) is 2. The summed E-state index contributed by atoms with van der Waals surface area (Å²) < 4.78 is 0. The van der Waals surface area contributed by atoms with Gasteiger partial charge >= 0.3 is 0 Å². The van der Waals surface area contributed by atoms with E-state index in [2.05, 4.69) is 4.98 Å². The molecular weight excluding hydrogens is 196 g/mol. The molecule has 0 unspecified atom stereocenters. The Morgan fingerprint density at radius 1 is 1.57 bits per heavy atom. The normalized spacial score (nSPS) is 17.2. The van der Waals surface area contributed by atoms with Gasteiger partial charge in [0.05, 0.1) is 5.51 Å². The van der Waals surface area contributed by atoms with Crippen LogP contribution in [0.15, 0.2) is 10.9 Å². The molecule has 0 spiro atoms. The number of amides is 1. The van der Waals surface area contributed by atoms with Crippen LogP contribution in [0.5, 0.6) is 0 Å². The van der Waals surface area contributed by atoms with Crippen LogP contribution in [-0.4, -0.2) is 28.9 Å². The molecule has 1 fully saturated rings. The third kappa shape index (κ3) is 1.80. The first-order chi connectivity index (χ1) is 6.79. The second kappa shape index (κ2) is 4.09. The van der Waals surface area contributed by atoms with Gasteiger partial charge in [-0.15, -0.1) is 11.3 Å². The van der Waals surface area contributed by atoms with E-state index in [-0.39, 0.29) is 5.91 Å². The van der Waals surface area contributed by atoms with Crippen molar-refractivity contribution in [2.45, 2.75) is 31.7 Å². The molecule has 1 amide bonds. The zero-order valence-electron chi connectivity index (χ0n) is 8.27. The molecule has 1 saturated carbocycles. The molecule has 0 bridgehead atoms. The lowest BCUT2D eigenvalue weighted by Crippen LogP contribution is -2.35. The van der Waals surface area contributed by atoms with Crippen molar-refractivity contribution < 1.29 is 4.79 Å². The van der Waals surface area contributed by atoms with Crippen LogP contribution in [0.2, 0.25) is 0 Å². The van der Waals surface area contributed by atoms with Gasteiger partial charge in [0.25, 0.3) is 5.91 Å². The minimum atomic E-state index is 0.0677. The highest BCUT2D eigenvalue weighted by molar-refractivity contribution is 7.07. The minimum absolute atomic E-state index is 0.0677. The molecule has 0 radical (unpaired) electrons. The molecule has 76 valence electrons. The molecule has 0 atom stereocenters. The molecule has 4 heteroatoms. The summed E-state index contributed by atoms with van der Waals surface area (Å²) in [5, 5.41) is 1.81. The smallest absolute Gasteiger partial charge is 0.273 e. The van der Waals surface area contributed by atoms with E-state index in [1.54, 1.807) is 5.51 Å². The molecule has 1 aliphatic rings. The third-order valence-corrected chi connectivity index (χ3v) is 3.43. The molecule has 1 aliphatic carbocycles. The Morgan fingerprint density at radius 2 is 2.29 bits per heavy atom. The van der Waals surface area contributed by atoms with Gasteiger partial charge in [0, 0.05) is 18.5 Å². The van der Waals surface area contributed by atoms with Gasteiger partial charge in [-0.3, -0.25) is 4.79 Å². The largest absolute Gasteiger partial charge is 0.337 e. The molecule has 0 N–H and O–H groups in total. The van der Waals surface area contributed by atoms with E-state index in [1.807, 2.05) is 17.3 Å². The maximum absolute atomic E-state index is 11.9. The molecule has 0 aromatic carbocycles. The van der Waals surface area contributed by atoms with E-state index in [9.17, 15) is 4.79 Å². The SMILES string of the molecule is CN(C(=O)c1cscn1)C1CCCC1. The van der Waals surface area contributed by atoms with E-state index < -0.39 is 0 Å². The zero-order chi connectivity index (χ0) is 9.97. The summed E-state index contributed by atoms with van der Waals surface area (Å²) in [5.74, 6) is 0.0677. The Hall–Kier alpha value is -0.900. The van der Waals surface area contributed by atoms with E-state index >= 15 is 0 Å². The highest BCUT2D eigenvalue weighted by atomic mass is 32.1. The molecule has 1 aromatic heterocycles. The molecule has 1 aromatic rings. The summed E-state index contributed by atoms with van der Waals surface area (Å²) in [6.45, 7) is 0. The minimum Gasteiger partial charge on any atom is -0.337 e. The average molecular weight is 210 g/mol. The Labute approximate surface area is 87.8 Å². The molecular formula is C10H14N2OS. The first-order valence-electron chi connectivity index (χ1n) is 4.94. The lowest BCUT2D eigenvalue weighted by Gasteiger charge is -2.23. The van der Waals surface area contributed by atoms with Crippen LogP contribution in [0.25, 0.3) is 0 Å². The number of rotatable bonds is 2. The Morgan fingerprint density at radius 3 is 2.86 bits per heavy atom. The maximum Gasteiger partial charge on any atom is 0.273 e. The van der Waals surface area contributed by atoms with Crippen LogP contribution in [-0.2, 0) is 0 Å². The van der Waals surface area contributed by atoms with Crippen LogP contribution in [0, 0.1) is 0 Å². The first-order valence-corrected chi connectivity index (χ1v) is 5.88. The first kappa shape index (κ1) is 9.65. The lowest BCUT2D eigenvalue weighted by atomic mass is 10.2. The standard InChI is InChI=1S/C10H14N2OS/c1-12(8-4-2-3-5-8)10(13)9-6-14-7-11-9/h6-8H,2-5H2,1H3. The predicted molar refractivity (Wildman–Crippen MR) is 56.5 cm³/mol. The summed E-state index contributed by atoms with van der Waals surface area (Å²) >= 11 is 1.47. The van der Waals surface area contributed by atoms with Crippen LogP contribution in [0.3, 0.4) is 0 Å². The molecule has 2 rings (SSSR count). The highest BCUT2D eigenvalue weighted by Crippen LogP contribution is 2.23. The van der Waals surface area contributed by atoms with Crippen LogP contribution in [0.1, 0.15) is 36.2 Å². The van der Waals surface area contributed by atoms with Crippen LogP contribution >= 0.6 is 11.3 Å². The van der Waals surface area contributed by atoms with Crippen molar-refractivity contribution in [3.05, 3.63) is 16.6 Å². The summed E-state index contributed by atoms with van der Waals surface area (Å²) in [7, 11) is 1.89. The molecule has 0 aliphatic heterocycles. The van der Waals surface area contributed by atoms with Gasteiger partial charge in [0.1, 0.15) is 5.69 Å². The fourth-order valence-electron chi connectivity index (χ4n) is 1.96. The van der Waals surface area contributed by atoms with Crippen molar-refractivity contribution in [1.82, 2.24) is 9.88 Å². The Kier molecular flexibility index (Phi) is 2.82. The number of carbonyl (C=O) groups is 1. The molecule has 1 heterocycles. The summed E-state index contributed by atoms with van der Waals surface area (Å²) in [6, 6.07) is 0.434. The van der Waals surface area contributed by atoms with Crippen molar-refractivity contribution in [3.63, 3.8) is 0 Å². The fourth-order valence-corrected chi connectivity index (χ4v) is 2.48. The van der Waals surface area contributed by atoms with Crippen molar-refractivity contribution in [3.8, 4) is 0 Å². The Balaban J connectivity index is 2.04. The van der Waals surface area contributed by atoms with Crippen molar-refractivity contribution in [2.75, 3.05) is 7.05 Å². The second-order valence-electron chi connectivity index (χ2n) is 3.73. The summed E-state index contributed by atoms with van der Waals surface area (Å²) in [5.41, 5.74) is 2.29. The van der Waals surface area contributed by atoms with Gasteiger partial charge in [-0.2, -0.15) is 0 Å². The van der Waals surface area contributed by atoms with Crippen LogP contribution in [0.4, 0.5) is 0 Å². The van der Waals surface area contributed by atoms with Crippen LogP contribution < -0.4 is 0 Å². The van der Waals surface area contributed by atoms with Gasteiger partial charge in [0.2, 0.25) is 0 Å². The average Bonchev–Trinajstić information content (AvgIpc) is 2.87. The number of aromatic nitrogens is 1. The molecule has 14 heavy (non-hydrogen) atoms. The van der Waals surface area contributed by atoms with E-state index in [0.717, 1.165) is 12.8 Å². The van der Waals surface area contributed by atoms with Gasteiger partial charge < -0.3 is 4.90 Å². The summed E-state index contributed by atoms with van der Waals surface area (Å²) in [4.78, 5) is 17.7. The van der Waals surface area contributed by atoms with Gasteiger partial charge in [-0.25, -0.2) is 4.98 Å². The lowest BCUT2D eigenvalue weighted by molar-refractivity contribution is 0.0730. The monoisotopic (exact) mass is 210 g/mol. The fraction of sp³-hybridized carbons (Fsp3) is 0.600. The second-order valence-corrected chi connectivity index (χ2v) is 4.45. The predicted octanol–water partition coefficient (Wildman–Crippen LogP) is 2.16. The zero-order valence-corrected chi connectivity index (χ0v) is 9.09. The highest BCUT2D eigenvalue weighted by Gasteiger charge is 2.24. The number of hydrogen-bond donors (Lipinski definition) is 0. The number of hydrogen-bond acceptors (Lipinski definition) is 3. The Bertz CT molecular complexity index is 304. The van der Waals surface area contributed by atoms with Crippen molar-refractivity contribution in [1.29, 1.82) is 0 Å². The van der Waals surface area contributed by atoms with Gasteiger partial charge in [-0.05, 0) is 12.8 Å². The van der Waals surface area contributed by atoms with E-state index in [1.165, 1.54) is 24.2 Å². The molecule has 3 nitrogen and oxygen atoms in total. The van der Waals surface area contributed by atoms with Crippen molar-refractivity contribution >= 4 is 17.2 Å². The maximum atomic E-state index is 11.9. The van der Waals surface area contributed by atoms with Crippen molar-refractivity contribution in [2.24, 2.45) is 0 Å². The van der Waals surface area contributed by atoms with E-state index in [0.29, 0.717) is 11.7 Å². The number of thiazole rings is 1.